The minimum Gasteiger partial charge on any atom is -0.457 e. The van der Waals surface area contributed by atoms with Crippen LogP contribution in [0.3, 0.4) is 0 Å². The number of nitrogens with zero attached hydrogens (tertiary/aromatic N) is 1. The first-order chi connectivity index (χ1) is 12.6. The van der Waals surface area contributed by atoms with Crippen molar-refractivity contribution in [3.8, 4) is 17.4 Å². The van der Waals surface area contributed by atoms with Gasteiger partial charge in [0.2, 0.25) is 5.91 Å². The molecule has 0 fully saturated rings. The van der Waals surface area contributed by atoms with Gasteiger partial charge >= 0.3 is 0 Å². The summed E-state index contributed by atoms with van der Waals surface area (Å²) in [5.74, 6) is 0.867. The molecule has 0 aliphatic carbocycles. The summed E-state index contributed by atoms with van der Waals surface area (Å²) < 4.78 is 5.73. The van der Waals surface area contributed by atoms with Crippen LogP contribution in [-0.2, 0) is 4.79 Å². The molecular formula is C21H15ClN2O2. The molecule has 0 unspecified atom stereocenters. The molecule has 0 atom stereocenters. The predicted molar refractivity (Wildman–Crippen MR) is 103 cm³/mol. The fraction of sp³-hybridized carbons (Fsp3) is 0.0476. The highest BCUT2D eigenvalue weighted by atomic mass is 35.5. The van der Waals surface area contributed by atoms with Gasteiger partial charge in [0.15, 0.2) is 0 Å². The molecule has 1 amide bonds. The van der Waals surface area contributed by atoms with Crippen molar-refractivity contribution in [1.82, 2.24) is 0 Å². The van der Waals surface area contributed by atoms with Crippen LogP contribution in [0.4, 0.5) is 5.69 Å². The third-order valence-corrected chi connectivity index (χ3v) is 4.19. The Morgan fingerprint density at radius 1 is 1.19 bits per heavy atom. The summed E-state index contributed by atoms with van der Waals surface area (Å²) in [6.45, 7) is 1.94. The minimum absolute atomic E-state index is 0.343. The molecule has 5 heteroatoms. The lowest BCUT2D eigenvalue weighted by atomic mass is 10.1. The molecule has 3 aromatic rings. The van der Waals surface area contributed by atoms with Crippen LogP contribution in [0.15, 0.2) is 65.1 Å². The molecule has 0 saturated carbocycles. The normalized spacial score (nSPS) is 10.7. The summed E-state index contributed by atoms with van der Waals surface area (Å²) in [6, 6.07) is 18.1. The first-order valence-corrected chi connectivity index (χ1v) is 8.29. The molecule has 2 aromatic carbocycles. The number of para-hydroxylation sites is 1. The van der Waals surface area contributed by atoms with Gasteiger partial charge in [-0.2, -0.15) is 5.26 Å². The number of carbonyl (C=O) groups is 1. The number of benzene rings is 2. The maximum absolute atomic E-state index is 12.0. The number of nitrogens with one attached hydrogen (secondary N) is 1. The molecule has 0 aliphatic heterocycles. The van der Waals surface area contributed by atoms with Crippen molar-refractivity contribution in [3.05, 3.63) is 82.6 Å². The molecule has 0 bridgehead atoms. The lowest BCUT2D eigenvalue weighted by Crippen LogP contribution is -2.08. The molecule has 0 radical (unpaired) electrons. The number of anilines is 1. The molecule has 1 N–H and O–H groups in total. The second kappa shape index (κ2) is 7.73. The Balaban J connectivity index is 1.71. The first-order valence-electron chi connectivity index (χ1n) is 7.91. The maximum atomic E-state index is 12.0. The summed E-state index contributed by atoms with van der Waals surface area (Å²) in [6.07, 6.45) is 2.93. The molecule has 26 heavy (non-hydrogen) atoms. The van der Waals surface area contributed by atoms with E-state index in [0.717, 1.165) is 11.1 Å². The molecule has 1 heterocycles. The van der Waals surface area contributed by atoms with Gasteiger partial charge in [0.1, 0.15) is 17.6 Å². The Hall–Kier alpha value is -3.29. The van der Waals surface area contributed by atoms with Gasteiger partial charge < -0.3 is 9.73 Å². The average Bonchev–Trinajstić information content (AvgIpc) is 3.12. The van der Waals surface area contributed by atoms with E-state index in [4.69, 9.17) is 21.3 Å². The maximum Gasteiger partial charge on any atom is 0.248 e. The Morgan fingerprint density at radius 2 is 2.00 bits per heavy atom. The van der Waals surface area contributed by atoms with Crippen LogP contribution < -0.4 is 5.32 Å². The van der Waals surface area contributed by atoms with Gasteiger partial charge in [0.05, 0.1) is 11.3 Å². The van der Waals surface area contributed by atoms with Crippen LogP contribution in [0, 0.1) is 18.3 Å². The monoisotopic (exact) mass is 362 g/mol. The Morgan fingerprint density at radius 3 is 2.77 bits per heavy atom. The summed E-state index contributed by atoms with van der Waals surface area (Å²) in [7, 11) is 0. The van der Waals surface area contributed by atoms with Crippen molar-refractivity contribution < 1.29 is 9.21 Å². The SMILES string of the molecule is Cc1ccc(-c2ccc(C=CC(=O)Nc3ccccc3C#N)o2)cc1Cl. The second-order valence-electron chi connectivity index (χ2n) is 5.65. The summed E-state index contributed by atoms with van der Waals surface area (Å²) in [5, 5.41) is 12.4. The molecule has 0 spiro atoms. The first kappa shape index (κ1) is 17.5. The number of carbonyl (C=O) groups excluding carboxylic acids is 1. The Bertz CT molecular complexity index is 1030. The van der Waals surface area contributed by atoms with E-state index in [9.17, 15) is 4.79 Å². The smallest absolute Gasteiger partial charge is 0.248 e. The van der Waals surface area contributed by atoms with E-state index in [1.165, 1.54) is 6.08 Å². The lowest BCUT2D eigenvalue weighted by Gasteiger charge is -2.03. The minimum atomic E-state index is -0.343. The molecule has 4 nitrogen and oxygen atoms in total. The highest BCUT2D eigenvalue weighted by molar-refractivity contribution is 6.31. The molecule has 3 rings (SSSR count). The average molecular weight is 363 g/mol. The van der Waals surface area contributed by atoms with E-state index in [1.807, 2.05) is 37.3 Å². The number of furan rings is 1. The number of hydrogen-bond acceptors (Lipinski definition) is 3. The van der Waals surface area contributed by atoms with Crippen LogP contribution in [0.1, 0.15) is 16.9 Å². The molecule has 0 saturated heterocycles. The third-order valence-electron chi connectivity index (χ3n) is 3.79. The Kier molecular flexibility index (Phi) is 5.21. The fourth-order valence-corrected chi connectivity index (χ4v) is 2.55. The van der Waals surface area contributed by atoms with E-state index in [1.54, 1.807) is 36.4 Å². The van der Waals surface area contributed by atoms with Crippen LogP contribution in [0.2, 0.25) is 5.02 Å². The second-order valence-corrected chi connectivity index (χ2v) is 6.05. The number of hydrogen-bond donors (Lipinski definition) is 1. The molecule has 1 aromatic heterocycles. The Labute approximate surface area is 156 Å². The van der Waals surface area contributed by atoms with Gasteiger partial charge in [0.25, 0.3) is 0 Å². The van der Waals surface area contributed by atoms with Gasteiger partial charge in [-0.1, -0.05) is 35.9 Å². The number of amides is 1. The van der Waals surface area contributed by atoms with Gasteiger partial charge in [0, 0.05) is 16.7 Å². The summed E-state index contributed by atoms with van der Waals surface area (Å²) in [4.78, 5) is 12.0. The fourth-order valence-electron chi connectivity index (χ4n) is 2.37. The zero-order chi connectivity index (χ0) is 18.5. The van der Waals surface area contributed by atoms with Crippen molar-refractivity contribution >= 4 is 29.3 Å². The summed E-state index contributed by atoms with van der Waals surface area (Å²) >= 11 is 6.14. The van der Waals surface area contributed by atoms with Gasteiger partial charge in [-0.25, -0.2) is 0 Å². The van der Waals surface area contributed by atoms with E-state index in [-0.39, 0.29) is 5.91 Å². The predicted octanol–water partition coefficient (Wildman–Crippen LogP) is 5.43. The van der Waals surface area contributed by atoms with Crippen LogP contribution in [-0.4, -0.2) is 5.91 Å². The van der Waals surface area contributed by atoms with Gasteiger partial charge in [-0.05, 0) is 48.9 Å². The van der Waals surface area contributed by atoms with E-state index in [0.29, 0.717) is 27.8 Å². The van der Waals surface area contributed by atoms with E-state index >= 15 is 0 Å². The van der Waals surface area contributed by atoms with Crippen molar-refractivity contribution in [1.29, 1.82) is 5.26 Å². The zero-order valence-corrected chi connectivity index (χ0v) is 14.7. The summed E-state index contributed by atoms with van der Waals surface area (Å²) in [5.41, 5.74) is 2.74. The van der Waals surface area contributed by atoms with E-state index < -0.39 is 0 Å². The number of aryl methyl sites for hydroxylation is 1. The highest BCUT2D eigenvalue weighted by Crippen LogP contribution is 2.27. The van der Waals surface area contributed by atoms with E-state index in [2.05, 4.69) is 5.32 Å². The third kappa shape index (κ3) is 4.02. The van der Waals surface area contributed by atoms with Crippen LogP contribution in [0.25, 0.3) is 17.4 Å². The highest BCUT2D eigenvalue weighted by Gasteiger charge is 2.06. The molecule has 0 aliphatic rings. The van der Waals surface area contributed by atoms with Crippen LogP contribution in [0.5, 0.6) is 0 Å². The standard InChI is InChI=1S/C21H15ClN2O2/c1-14-6-7-15(12-18(14)22)20-10-8-17(26-20)9-11-21(25)24-19-5-3-2-4-16(19)13-23/h2-12H,1H3,(H,24,25). The molecular weight excluding hydrogens is 348 g/mol. The zero-order valence-electron chi connectivity index (χ0n) is 14.0. The van der Waals surface area contributed by atoms with Gasteiger partial charge in [-0.15, -0.1) is 0 Å². The largest absolute Gasteiger partial charge is 0.457 e. The topological polar surface area (TPSA) is 66.0 Å². The van der Waals surface area contributed by atoms with Crippen molar-refractivity contribution in [2.75, 3.05) is 5.32 Å². The van der Waals surface area contributed by atoms with Crippen molar-refractivity contribution in [3.63, 3.8) is 0 Å². The van der Waals surface area contributed by atoms with Crippen molar-refractivity contribution in [2.45, 2.75) is 6.92 Å². The quantitative estimate of drug-likeness (QED) is 0.629. The van der Waals surface area contributed by atoms with Crippen molar-refractivity contribution in [2.24, 2.45) is 0 Å². The molecule has 128 valence electrons. The lowest BCUT2D eigenvalue weighted by molar-refractivity contribution is -0.111. The number of halogens is 1. The van der Waals surface area contributed by atoms with Gasteiger partial charge in [-0.3, -0.25) is 4.79 Å². The number of nitriles is 1. The number of rotatable bonds is 4. The van der Waals surface area contributed by atoms with Crippen LogP contribution >= 0.6 is 11.6 Å².